The van der Waals surface area contributed by atoms with E-state index in [1.807, 2.05) is 13.8 Å². The molecule has 0 aromatic heterocycles. The molecule has 1 heterocycles. The second-order valence-corrected chi connectivity index (χ2v) is 5.64. The molecule has 5 heteroatoms. The molecule has 0 saturated carbocycles. The Hall–Kier alpha value is -0.940. The summed E-state index contributed by atoms with van der Waals surface area (Å²) < 4.78 is 0. The molecule has 19 heavy (non-hydrogen) atoms. The van der Waals surface area contributed by atoms with Crippen molar-refractivity contribution in [2.75, 3.05) is 20.1 Å². The van der Waals surface area contributed by atoms with Gasteiger partial charge in [-0.15, -0.1) is 0 Å². The quantitative estimate of drug-likeness (QED) is 0.696. The fourth-order valence-corrected chi connectivity index (χ4v) is 2.30. The van der Waals surface area contributed by atoms with Crippen LogP contribution in [-0.4, -0.2) is 59.9 Å². The molecule has 0 aliphatic carbocycles. The van der Waals surface area contributed by atoms with Crippen LogP contribution in [0.25, 0.3) is 0 Å². The molecular weight excluding hydrogens is 242 g/mol. The molecule has 0 spiro atoms. The third kappa shape index (κ3) is 4.01. The van der Waals surface area contributed by atoms with Crippen molar-refractivity contribution in [3.8, 4) is 0 Å². The molecular formula is C14H27N3O2. The van der Waals surface area contributed by atoms with Gasteiger partial charge in [0, 0.05) is 25.2 Å². The van der Waals surface area contributed by atoms with Crippen LogP contribution >= 0.6 is 0 Å². The third-order valence-corrected chi connectivity index (χ3v) is 3.90. The van der Waals surface area contributed by atoms with Crippen LogP contribution in [0, 0.1) is 0 Å². The van der Waals surface area contributed by atoms with E-state index >= 15 is 0 Å². The molecule has 1 aliphatic rings. The zero-order chi connectivity index (χ0) is 14.6. The summed E-state index contributed by atoms with van der Waals surface area (Å²) >= 11 is 0. The Balaban J connectivity index is 2.39. The fourth-order valence-electron chi connectivity index (χ4n) is 2.30. The van der Waals surface area contributed by atoms with Crippen LogP contribution in [0.4, 0.5) is 0 Å². The zero-order valence-electron chi connectivity index (χ0n) is 12.8. The second kappa shape index (κ2) is 7.01. The molecule has 1 fully saturated rings. The summed E-state index contributed by atoms with van der Waals surface area (Å²) in [6.07, 6.45) is 1.41. The van der Waals surface area contributed by atoms with E-state index < -0.39 is 0 Å². The van der Waals surface area contributed by atoms with Gasteiger partial charge in [-0.1, -0.05) is 6.92 Å². The van der Waals surface area contributed by atoms with Gasteiger partial charge in [0.05, 0.1) is 12.5 Å². The molecule has 2 amide bonds. The highest BCUT2D eigenvalue weighted by Crippen LogP contribution is 2.15. The minimum atomic E-state index is -0.333. The summed E-state index contributed by atoms with van der Waals surface area (Å²) in [5.41, 5.74) is 0. The Kier molecular flexibility index (Phi) is 5.94. The van der Waals surface area contributed by atoms with E-state index in [0.29, 0.717) is 12.5 Å². The number of nitrogens with zero attached hydrogens (tertiary/aromatic N) is 2. The summed E-state index contributed by atoms with van der Waals surface area (Å²) in [5.74, 6) is -0.140. The van der Waals surface area contributed by atoms with E-state index in [1.54, 1.807) is 0 Å². The summed E-state index contributed by atoms with van der Waals surface area (Å²) in [4.78, 5) is 27.4. The molecule has 1 saturated heterocycles. The lowest BCUT2D eigenvalue weighted by molar-refractivity contribution is -0.140. The predicted octanol–water partition coefficient (Wildman–Crippen LogP) is 0.842. The van der Waals surface area contributed by atoms with Crippen molar-refractivity contribution in [1.29, 1.82) is 0 Å². The zero-order valence-corrected chi connectivity index (χ0v) is 12.8. The van der Waals surface area contributed by atoms with E-state index in [-0.39, 0.29) is 23.9 Å². The average Bonchev–Trinajstić information content (AvgIpc) is 2.63. The van der Waals surface area contributed by atoms with Gasteiger partial charge in [-0.3, -0.25) is 14.5 Å². The highest BCUT2D eigenvalue weighted by atomic mass is 16.2. The van der Waals surface area contributed by atoms with Crippen molar-refractivity contribution in [3.63, 3.8) is 0 Å². The molecule has 0 bridgehead atoms. The Bertz CT molecular complexity index is 331. The van der Waals surface area contributed by atoms with Crippen LogP contribution < -0.4 is 5.32 Å². The van der Waals surface area contributed by atoms with Crippen LogP contribution in [0.15, 0.2) is 0 Å². The Labute approximate surface area is 116 Å². The van der Waals surface area contributed by atoms with Crippen molar-refractivity contribution in [2.45, 2.75) is 58.7 Å². The van der Waals surface area contributed by atoms with Gasteiger partial charge in [0.25, 0.3) is 0 Å². The number of imide groups is 1. The van der Waals surface area contributed by atoms with Crippen LogP contribution in [-0.2, 0) is 9.59 Å². The number of likely N-dealkylation sites (N-methyl/N-ethyl adjacent to an activating group) is 1. The Morgan fingerprint density at radius 2 is 2.00 bits per heavy atom. The van der Waals surface area contributed by atoms with Crippen molar-refractivity contribution in [1.82, 2.24) is 15.1 Å². The van der Waals surface area contributed by atoms with Gasteiger partial charge in [-0.25, -0.2) is 0 Å². The first-order valence-electron chi connectivity index (χ1n) is 7.18. The van der Waals surface area contributed by atoms with Crippen molar-refractivity contribution >= 4 is 11.8 Å². The second-order valence-electron chi connectivity index (χ2n) is 5.64. The summed E-state index contributed by atoms with van der Waals surface area (Å²) in [6, 6.07) is 0.157. The maximum absolute atomic E-state index is 12.1. The third-order valence-electron chi connectivity index (χ3n) is 3.90. The van der Waals surface area contributed by atoms with E-state index in [1.165, 1.54) is 4.90 Å². The van der Waals surface area contributed by atoms with E-state index in [0.717, 1.165) is 19.5 Å². The van der Waals surface area contributed by atoms with Gasteiger partial charge in [0.15, 0.2) is 0 Å². The van der Waals surface area contributed by atoms with Gasteiger partial charge < -0.3 is 10.2 Å². The topological polar surface area (TPSA) is 52.7 Å². The Morgan fingerprint density at radius 3 is 2.47 bits per heavy atom. The maximum atomic E-state index is 12.1. The molecule has 0 aromatic rings. The number of rotatable bonds is 7. The minimum Gasteiger partial charge on any atom is -0.304 e. The summed E-state index contributed by atoms with van der Waals surface area (Å²) in [6.45, 7) is 9.70. The van der Waals surface area contributed by atoms with Gasteiger partial charge in [-0.2, -0.15) is 0 Å². The van der Waals surface area contributed by atoms with Crippen LogP contribution in [0.2, 0.25) is 0 Å². The number of amides is 2. The highest BCUT2D eigenvalue weighted by molar-refractivity contribution is 6.05. The van der Waals surface area contributed by atoms with Crippen molar-refractivity contribution in [3.05, 3.63) is 0 Å². The van der Waals surface area contributed by atoms with Gasteiger partial charge in [0.1, 0.15) is 0 Å². The molecule has 1 rings (SSSR count). The molecule has 1 N–H and O–H groups in total. The number of hydrogen-bond acceptors (Lipinski definition) is 4. The average molecular weight is 269 g/mol. The molecule has 2 unspecified atom stereocenters. The Morgan fingerprint density at radius 1 is 1.37 bits per heavy atom. The predicted molar refractivity (Wildman–Crippen MR) is 75.8 cm³/mol. The monoisotopic (exact) mass is 269 g/mol. The molecule has 0 radical (unpaired) electrons. The first-order chi connectivity index (χ1) is 8.88. The first kappa shape index (κ1) is 16.1. The lowest BCUT2D eigenvalue weighted by Crippen LogP contribution is -2.44. The summed E-state index contributed by atoms with van der Waals surface area (Å²) in [5, 5.41) is 3.20. The molecule has 1 aliphatic heterocycles. The van der Waals surface area contributed by atoms with Crippen LogP contribution in [0.1, 0.15) is 40.5 Å². The summed E-state index contributed by atoms with van der Waals surface area (Å²) in [7, 11) is 2.08. The SMILES string of the molecule is CCC(C)N(C)CCNC1CC(=O)N(C(C)C)C1=O. The van der Waals surface area contributed by atoms with Crippen LogP contribution in [0.3, 0.4) is 0 Å². The highest BCUT2D eigenvalue weighted by Gasteiger charge is 2.39. The van der Waals surface area contributed by atoms with Crippen molar-refractivity contribution in [2.24, 2.45) is 0 Å². The van der Waals surface area contributed by atoms with Crippen molar-refractivity contribution < 1.29 is 9.59 Å². The normalized spacial score (nSPS) is 21.8. The number of nitrogens with one attached hydrogen (secondary N) is 1. The largest absolute Gasteiger partial charge is 0.304 e. The first-order valence-corrected chi connectivity index (χ1v) is 7.18. The number of carbonyl (C=O) groups is 2. The number of hydrogen-bond donors (Lipinski definition) is 1. The molecule has 110 valence electrons. The molecule has 0 aromatic carbocycles. The van der Waals surface area contributed by atoms with Gasteiger partial charge in [0.2, 0.25) is 11.8 Å². The number of likely N-dealkylation sites (tertiary alicyclic amines) is 1. The van der Waals surface area contributed by atoms with E-state index in [9.17, 15) is 9.59 Å². The standard InChI is InChI=1S/C14H27N3O2/c1-6-11(4)16(5)8-7-15-12-9-13(18)17(10(2)3)14(12)19/h10-12,15H,6-9H2,1-5H3. The molecule has 2 atom stereocenters. The van der Waals surface area contributed by atoms with Gasteiger partial charge >= 0.3 is 0 Å². The van der Waals surface area contributed by atoms with E-state index in [2.05, 4.69) is 31.1 Å². The molecule has 5 nitrogen and oxygen atoms in total. The lowest BCUT2D eigenvalue weighted by atomic mass is 10.2. The lowest BCUT2D eigenvalue weighted by Gasteiger charge is -2.24. The van der Waals surface area contributed by atoms with E-state index in [4.69, 9.17) is 0 Å². The van der Waals surface area contributed by atoms with Gasteiger partial charge in [-0.05, 0) is 34.2 Å². The smallest absolute Gasteiger partial charge is 0.247 e. The fraction of sp³-hybridized carbons (Fsp3) is 0.857. The maximum Gasteiger partial charge on any atom is 0.247 e. The minimum absolute atomic E-state index is 0.0467. The van der Waals surface area contributed by atoms with Crippen LogP contribution in [0.5, 0.6) is 0 Å². The number of carbonyl (C=O) groups excluding carboxylic acids is 2.